The summed E-state index contributed by atoms with van der Waals surface area (Å²) in [6, 6.07) is 0. The topological polar surface area (TPSA) is 136 Å². The van der Waals surface area contributed by atoms with Crippen molar-refractivity contribution in [3.63, 3.8) is 0 Å². The van der Waals surface area contributed by atoms with Crippen molar-refractivity contribution in [3.8, 4) is 0 Å². The van der Waals surface area contributed by atoms with E-state index in [9.17, 15) is 31.9 Å². The van der Waals surface area contributed by atoms with Gasteiger partial charge in [-0.2, -0.15) is 17.2 Å². The first-order chi connectivity index (χ1) is 17.6. The third-order valence-electron chi connectivity index (χ3n) is 10.7. The number of hydrogen-bond acceptors (Lipinski definition) is 8. The minimum absolute atomic E-state index is 0.0626. The smallest absolute Gasteiger partial charge is 0.457 e. The van der Waals surface area contributed by atoms with Crippen LogP contribution >= 0.6 is 0 Å². The molecule has 8 saturated carbocycles. The molecule has 8 rings (SSSR count). The third-order valence-corrected chi connectivity index (χ3v) is 11.5. The third kappa shape index (κ3) is 4.11. The van der Waals surface area contributed by atoms with E-state index in [1.165, 1.54) is 6.42 Å². The Labute approximate surface area is 220 Å². The van der Waals surface area contributed by atoms with Crippen LogP contribution in [0.1, 0.15) is 84.0 Å². The quantitative estimate of drug-likeness (QED) is 0.337. The van der Waals surface area contributed by atoms with E-state index in [1.807, 2.05) is 0 Å². The number of carbonyl (C=O) groups is 2. The Morgan fingerprint density at radius 2 is 1.47 bits per heavy atom. The van der Waals surface area contributed by atoms with Gasteiger partial charge >= 0.3 is 27.3 Å². The van der Waals surface area contributed by atoms with Crippen LogP contribution in [0.25, 0.3) is 0 Å². The van der Waals surface area contributed by atoms with Crippen molar-refractivity contribution in [1.82, 2.24) is 0 Å². The monoisotopic (exact) mass is 562 g/mol. The number of halogens is 2. The molecule has 0 aromatic heterocycles. The van der Waals surface area contributed by atoms with Crippen LogP contribution in [0.4, 0.5) is 8.78 Å². The summed E-state index contributed by atoms with van der Waals surface area (Å²) >= 11 is 0. The van der Waals surface area contributed by atoms with Crippen LogP contribution in [0.15, 0.2) is 0 Å². The van der Waals surface area contributed by atoms with E-state index in [0.29, 0.717) is 36.5 Å². The van der Waals surface area contributed by atoms with Crippen LogP contribution in [-0.4, -0.2) is 64.3 Å². The zero-order chi connectivity index (χ0) is 27.4. The fourth-order valence-electron chi connectivity index (χ4n) is 10.1. The molecule has 8 aliphatic rings. The fraction of sp³-hybridized carbons (Fsp3) is 0.923. The molecule has 4 unspecified atom stereocenters. The minimum atomic E-state index is -6.03. The van der Waals surface area contributed by atoms with Crippen LogP contribution in [0.2, 0.25) is 0 Å². The molecule has 2 N–H and O–H groups in total. The Morgan fingerprint density at radius 3 is 2.03 bits per heavy atom. The van der Waals surface area contributed by atoms with Crippen molar-refractivity contribution in [3.05, 3.63) is 0 Å². The molecule has 214 valence electrons. The van der Waals surface area contributed by atoms with Crippen LogP contribution in [0.3, 0.4) is 0 Å². The molecule has 0 saturated heterocycles. The maximum atomic E-state index is 14.0. The average molecular weight is 563 g/mol. The predicted octanol–water partition coefficient (Wildman–Crippen LogP) is 3.38. The first-order valence-corrected chi connectivity index (χ1v) is 15.2. The van der Waals surface area contributed by atoms with Crippen LogP contribution < -0.4 is 0 Å². The van der Waals surface area contributed by atoms with Crippen molar-refractivity contribution in [2.75, 3.05) is 6.61 Å². The number of carbonyl (C=O) groups excluding carboxylic acids is 2. The maximum Gasteiger partial charge on any atom is 0.465 e. The first kappa shape index (κ1) is 26.8. The van der Waals surface area contributed by atoms with Gasteiger partial charge in [-0.1, -0.05) is 6.92 Å². The lowest BCUT2D eigenvalue weighted by molar-refractivity contribution is -0.279. The lowest BCUT2D eigenvalue weighted by Gasteiger charge is -2.63. The van der Waals surface area contributed by atoms with E-state index in [2.05, 4.69) is 6.92 Å². The summed E-state index contributed by atoms with van der Waals surface area (Å²) in [6.45, 7) is 1.69. The van der Waals surface area contributed by atoms with Crippen LogP contribution in [0.5, 0.6) is 0 Å². The Balaban J connectivity index is 1.16. The van der Waals surface area contributed by atoms with Gasteiger partial charge in [-0.3, -0.25) is 4.55 Å². The molecule has 0 aromatic carbocycles. The van der Waals surface area contributed by atoms with Gasteiger partial charge in [0.1, 0.15) is 17.8 Å². The minimum Gasteiger partial charge on any atom is -0.457 e. The highest BCUT2D eigenvalue weighted by molar-refractivity contribution is 7.87. The Bertz CT molecular complexity index is 1110. The molecule has 0 radical (unpaired) electrons. The standard InChI is InChI=1S/C26H36F2O9S/c1-2-25(18-4-15-3-16(6-18)7-19(25)5-15)36-20(29)11-35-23-9-17-8-22(31,12-23)13-24(10-17,14-23)37-21(30)26(27,28)38(32,33)34/h15-19,31H,2-14H2,1H3,(H,32,33,34). The number of alkyl halides is 2. The molecule has 38 heavy (non-hydrogen) atoms. The van der Waals surface area contributed by atoms with Gasteiger partial charge in [0.05, 0.1) is 11.2 Å². The SMILES string of the molecule is CCC1(OC(=O)COC23CC4CC(O)(C2)CC(OC(=O)C(F)(F)S(=O)(=O)O)(C4)C3)C2CC3CC(C2)CC1C3. The van der Waals surface area contributed by atoms with E-state index in [1.54, 1.807) is 0 Å². The van der Waals surface area contributed by atoms with E-state index in [-0.39, 0.29) is 38.2 Å². The summed E-state index contributed by atoms with van der Waals surface area (Å²) in [4.78, 5) is 25.4. The lowest BCUT2D eigenvalue weighted by atomic mass is 9.49. The van der Waals surface area contributed by atoms with Gasteiger partial charge in [0.25, 0.3) is 0 Å². The summed E-state index contributed by atoms with van der Waals surface area (Å²) in [5.41, 5.74) is -4.56. The molecule has 8 fully saturated rings. The van der Waals surface area contributed by atoms with Crippen molar-refractivity contribution in [1.29, 1.82) is 0 Å². The summed E-state index contributed by atoms with van der Waals surface area (Å²) < 4.78 is 76.4. The lowest BCUT2D eigenvalue weighted by Crippen LogP contribution is -2.68. The second-order valence-corrected chi connectivity index (χ2v) is 14.8. The van der Waals surface area contributed by atoms with Crippen LogP contribution in [0, 0.1) is 29.6 Å². The molecule has 9 nitrogen and oxygen atoms in total. The molecule has 8 bridgehead atoms. The number of ether oxygens (including phenoxy) is 3. The summed E-state index contributed by atoms with van der Waals surface area (Å²) in [7, 11) is -6.03. The van der Waals surface area contributed by atoms with Gasteiger partial charge in [0, 0.05) is 19.3 Å². The normalized spacial score (nSPS) is 46.8. The van der Waals surface area contributed by atoms with Gasteiger partial charge in [0.2, 0.25) is 0 Å². The van der Waals surface area contributed by atoms with Gasteiger partial charge in [0.15, 0.2) is 0 Å². The number of aliphatic hydroxyl groups is 1. The first-order valence-electron chi connectivity index (χ1n) is 13.8. The van der Waals surface area contributed by atoms with Crippen molar-refractivity contribution in [2.45, 2.75) is 112 Å². The molecular formula is C26H36F2O9S. The summed E-state index contributed by atoms with van der Waals surface area (Å²) in [6.07, 6.45) is 7.23. The summed E-state index contributed by atoms with van der Waals surface area (Å²) in [5.74, 6) is -0.983. The molecule has 0 amide bonds. The zero-order valence-electron chi connectivity index (χ0n) is 21.5. The van der Waals surface area contributed by atoms with Crippen LogP contribution in [-0.2, 0) is 33.9 Å². The van der Waals surface area contributed by atoms with Gasteiger partial charge < -0.3 is 19.3 Å². The second kappa shape index (κ2) is 8.33. The van der Waals surface area contributed by atoms with E-state index in [0.717, 1.165) is 32.1 Å². The highest BCUT2D eigenvalue weighted by Gasteiger charge is 2.67. The largest absolute Gasteiger partial charge is 0.465 e. The highest BCUT2D eigenvalue weighted by Crippen LogP contribution is 2.63. The van der Waals surface area contributed by atoms with Crippen molar-refractivity contribution in [2.24, 2.45) is 29.6 Å². The molecule has 8 aliphatic carbocycles. The predicted molar refractivity (Wildman–Crippen MR) is 126 cm³/mol. The molecule has 0 aromatic rings. The molecule has 12 heteroatoms. The van der Waals surface area contributed by atoms with Crippen molar-refractivity contribution >= 4 is 22.1 Å². The fourth-order valence-corrected chi connectivity index (χ4v) is 10.4. The number of rotatable bonds is 8. The van der Waals surface area contributed by atoms with Gasteiger partial charge in [-0.15, -0.1) is 0 Å². The highest BCUT2D eigenvalue weighted by atomic mass is 32.2. The van der Waals surface area contributed by atoms with Gasteiger partial charge in [-0.05, 0) is 87.4 Å². The molecule has 4 atom stereocenters. The Hall–Kier alpha value is -1.37. The van der Waals surface area contributed by atoms with E-state index < -0.39 is 49.7 Å². The van der Waals surface area contributed by atoms with E-state index in [4.69, 9.17) is 18.8 Å². The zero-order valence-corrected chi connectivity index (χ0v) is 22.3. The Morgan fingerprint density at radius 1 is 0.895 bits per heavy atom. The van der Waals surface area contributed by atoms with Gasteiger partial charge in [-0.25, -0.2) is 9.59 Å². The Kier molecular flexibility index (Phi) is 5.88. The maximum absolute atomic E-state index is 14.0. The second-order valence-electron chi connectivity index (χ2n) is 13.4. The molecule has 0 spiro atoms. The summed E-state index contributed by atoms with van der Waals surface area (Å²) in [5, 5.41) is 6.07. The average Bonchev–Trinajstić information content (AvgIpc) is 2.77. The molecular weight excluding hydrogens is 526 g/mol. The van der Waals surface area contributed by atoms with E-state index >= 15 is 0 Å². The molecule has 0 heterocycles. The number of esters is 2. The molecule has 0 aliphatic heterocycles. The number of hydrogen-bond donors (Lipinski definition) is 2. The van der Waals surface area contributed by atoms with Crippen molar-refractivity contribution < 1.29 is 50.7 Å².